The number of amides is 3. The molecule has 0 N–H and O–H groups in total. The molecule has 0 spiro atoms. The Morgan fingerprint density at radius 1 is 1.10 bits per heavy atom. The first-order valence-electron chi connectivity index (χ1n) is 10.2. The van der Waals surface area contributed by atoms with E-state index in [2.05, 4.69) is 5.10 Å². The van der Waals surface area contributed by atoms with Crippen molar-refractivity contribution in [1.29, 1.82) is 0 Å². The maximum atomic E-state index is 13.1. The second-order valence-corrected chi connectivity index (χ2v) is 8.04. The van der Waals surface area contributed by atoms with E-state index in [0.717, 1.165) is 11.1 Å². The van der Waals surface area contributed by atoms with E-state index in [1.807, 2.05) is 36.3 Å². The van der Waals surface area contributed by atoms with Crippen LogP contribution in [0.4, 0.5) is 4.79 Å². The van der Waals surface area contributed by atoms with Crippen LogP contribution in [0.15, 0.2) is 30.6 Å². The number of benzene rings is 1. The number of aromatic nitrogens is 2. The Kier molecular flexibility index (Phi) is 4.62. The highest BCUT2D eigenvalue weighted by atomic mass is 16.5. The smallest absolute Gasteiger partial charge is 0.320 e. The zero-order valence-electron chi connectivity index (χ0n) is 17.2. The minimum atomic E-state index is -0.269. The van der Waals surface area contributed by atoms with Crippen LogP contribution in [0.25, 0.3) is 11.1 Å². The topological polar surface area (TPSA) is 80.1 Å². The molecule has 0 aliphatic carbocycles. The zero-order chi connectivity index (χ0) is 20.8. The van der Waals surface area contributed by atoms with Crippen molar-refractivity contribution in [1.82, 2.24) is 24.5 Å². The molecule has 0 radical (unpaired) electrons. The van der Waals surface area contributed by atoms with Crippen molar-refractivity contribution in [3.8, 4) is 16.9 Å². The number of aryl methyl sites for hydroxylation is 1. The summed E-state index contributed by atoms with van der Waals surface area (Å²) in [5.41, 5.74) is 2.45. The van der Waals surface area contributed by atoms with Crippen LogP contribution in [0.2, 0.25) is 0 Å². The molecule has 9 nitrogen and oxygen atoms in total. The lowest BCUT2D eigenvalue weighted by Crippen LogP contribution is -2.48. The summed E-state index contributed by atoms with van der Waals surface area (Å²) in [4.78, 5) is 31.4. The first-order chi connectivity index (χ1) is 14.5. The van der Waals surface area contributed by atoms with Gasteiger partial charge in [-0.15, -0.1) is 0 Å². The molecule has 4 heterocycles. The van der Waals surface area contributed by atoms with Crippen LogP contribution >= 0.6 is 0 Å². The van der Waals surface area contributed by atoms with Crippen molar-refractivity contribution in [2.45, 2.75) is 12.1 Å². The van der Waals surface area contributed by atoms with Gasteiger partial charge in [-0.05, 0) is 17.7 Å². The van der Waals surface area contributed by atoms with E-state index in [9.17, 15) is 9.59 Å². The van der Waals surface area contributed by atoms with E-state index in [1.54, 1.807) is 27.7 Å². The third kappa shape index (κ3) is 3.19. The Bertz CT molecular complexity index is 984. The average molecular weight is 411 g/mol. The highest BCUT2D eigenvalue weighted by Crippen LogP contribution is 2.34. The maximum Gasteiger partial charge on any atom is 0.320 e. The molecule has 0 saturated carbocycles. The predicted molar refractivity (Wildman–Crippen MR) is 108 cm³/mol. The van der Waals surface area contributed by atoms with Crippen LogP contribution in [0, 0.1) is 0 Å². The molecule has 0 bridgehead atoms. The summed E-state index contributed by atoms with van der Waals surface area (Å²) >= 11 is 0. The van der Waals surface area contributed by atoms with Crippen LogP contribution in [0.3, 0.4) is 0 Å². The van der Waals surface area contributed by atoms with Crippen molar-refractivity contribution < 1.29 is 19.1 Å². The number of rotatable bonds is 1. The fourth-order valence-electron chi connectivity index (χ4n) is 4.41. The Balaban J connectivity index is 1.41. The number of nitrogens with zero attached hydrogens (tertiary/aromatic N) is 5. The van der Waals surface area contributed by atoms with E-state index < -0.39 is 0 Å². The van der Waals surface area contributed by atoms with E-state index in [-0.39, 0.29) is 24.1 Å². The summed E-state index contributed by atoms with van der Waals surface area (Å²) in [6.07, 6.45) is 3.44. The van der Waals surface area contributed by atoms with E-state index in [4.69, 9.17) is 9.47 Å². The molecule has 3 aliphatic heterocycles. The van der Waals surface area contributed by atoms with Gasteiger partial charge in [-0.2, -0.15) is 5.10 Å². The van der Waals surface area contributed by atoms with Crippen LogP contribution in [0.5, 0.6) is 5.75 Å². The van der Waals surface area contributed by atoms with Gasteiger partial charge in [0.05, 0.1) is 37.6 Å². The van der Waals surface area contributed by atoms with Crippen molar-refractivity contribution >= 4 is 11.9 Å². The Morgan fingerprint density at radius 2 is 1.90 bits per heavy atom. The zero-order valence-corrected chi connectivity index (χ0v) is 17.2. The van der Waals surface area contributed by atoms with Gasteiger partial charge >= 0.3 is 6.03 Å². The van der Waals surface area contributed by atoms with Crippen LogP contribution in [0.1, 0.15) is 10.4 Å². The number of carbonyl (C=O) groups excluding carboxylic acids is 2. The molecule has 2 atom stereocenters. The van der Waals surface area contributed by atoms with Crippen LogP contribution in [-0.2, 0) is 11.8 Å². The molecular formula is C21H25N5O4. The minimum absolute atomic E-state index is 0.0137. The number of likely N-dealkylation sites (N-methyl/N-ethyl adjacent to an activating group) is 1. The van der Waals surface area contributed by atoms with E-state index in [0.29, 0.717) is 50.7 Å². The molecular weight excluding hydrogens is 386 g/mol. The highest BCUT2D eigenvalue weighted by molar-refractivity contribution is 5.98. The number of hydrogen-bond donors (Lipinski definition) is 0. The molecule has 30 heavy (non-hydrogen) atoms. The summed E-state index contributed by atoms with van der Waals surface area (Å²) in [6, 6.07) is 5.43. The third-order valence-electron chi connectivity index (χ3n) is 6.14. The number of hydrogen-bond acceptors (Lipinski definition) is 5. The van der Waals surface area contributed by atoms with Gasteiger partial charge in [0, 0.05) is 45.5 Å². The molecule has 3 amide bonds. The SMILES string of the molecule is CN1C(=O)c2ccc(-c3cnn(C)c3)cc2OC2CN(C(=O)N3CCOCC3)CC21. The van der Waals surface area contributed by atoms with Crippen molar-refractivity contribution in [2.24, 2.45) is 7.05 Å². The van der Waals surface area contributed by atoms with E-state index in [1.165, 1.54) is 0 Å². The fourth-order valence-corrected chi connectivity index (χ4v) is 4.41. The lowest BCUT2D eigenvalue weighted by atomic mass is 10.1. The van der Waals surface area contributed by atoms with Gasteiger partial charge < -0.3 is 24.2 Å². The van der Waals surface area contributed by atoms with Gasteiger partial charge in [-0.3, -0.25) is 9.48 Å². The monoisotopic (exact) mass is 411 g/mol. The Labute approximate surface area is 174 Å². The lowest BCUT2D eigenvalue weighted by molar-refractivity contribution is 0.0441. The highest BCUT2D eigenvalue weighted by Gasteiger charge is 2.44. The molecule has 2 fully saturated rings. The van der Waals surface area contributed by atoms with Gasteiger partial charge in [-0.25, -0.2) is 4.79 Å². The molecule has 2 unspecified atom stereocenters. The maximum absolute atomic E-state index is 13.1. The van der Waals surface area contributed by atoms with Crippen molar-refractivity contribution in [2.75, 3.05) is 46.4 Å². The molecule has 158 valence electrons. The van der Waals surface area contributed by atoms with Crippen molar-refractivity contribution in [3.63, 3.8) is 0 Å². The normalized spacial score (nSPS) is 23.7. The number of urea groups is 1. The molecule has 2 saturated heterocycles. The molecule has 3 aliphatic rings. The summed E-state index contributed by atoms with van der Waals surface area (Å²) in [5.74, 6) is 0.470. The first-order valence-corrected chi connectivity index (χ1v) is 10.2. The molecule has 2 aromatic rings. The molecule has 1 aromatic carbocycles. The first kappa shape index (κ1) is 18.9. The molecule has 9 heteroatoms. The summed E-state index contributed by atoms with van der Waals surface area (Å²) in [7, 11) is 3.65. The predicted octanol–water partition coefficient (Wildman–Crippen LogP) is 1.06. The molecule has 1 aromatic heterocycles. The summed E-state index contributed by atoms with van der Waals surface area (Å²) in [6.45, 7) is 3.23. The molecule has 5 rings (SSSR count). The minimum Gasteiger partial charge on any atom is -0.485 e. The number of morpholine rings is 1. The van der Waals surface area contributed by atoms with Crippen LogP contribution < -0.4 is 4.74 Å². The lowest BCUT2D eigenvalue weighted by Gasteiger charge is -2.31. The Hall–Kier alpha value is -3.07. The quantitative estimate of drug-likeness (QED) is 0.701. The van der Waals surface area contributed by atoms with Gasteiger partial charge in [0.1, 0.15) is 11.9 Å². The number of ether oxygens (including phenoxy) is 2. The van der Waals surface area contributed by atoms with E-state index >= 15 is 0 Å². The second kappa shape index (κ2) is 7.32. The fraction of sp³-hybridized carbons (Fsp3) is 0.476. The number of likely N-dealkylation sites (tertiary alicyclic amines) is 1. The summed E-state index contributed by atoms with van der Waals surface area (Å²) < 4.78 is 13.4. The summed E-state index contributed by atoms with van der Waals surface area (Å²) in [5, 5.41) is 4.22. The van der Waals surface area contributed by atoms with Crippen LogP contribution in [-0.4, -0.2) is 95.0 Å². The van der Waals surface area contributed by atoms with Crippen molar-refractivity contribution in [3.05, 3.63) is 36.2 Å². The van der Waals surface area contributed by atoms with Gasteiger partial charge in [0.25, 0.3) is 5.91 Å². The average Bonchev–Trinajstić information content (AvgIpc) is 3.37. The second-order valence-electron chi connectivity index (χ2n) is 8.04. The third-order valence-corrected chi connectivity index (χ3v) is 6.14. The number of fused-ring (bicyclic) bond motifs is 2. The van der Waals surface area contributed by atoms with Gasteiger partial charge in [0.15, 0.2) is 0 Å². The largest absolute Gasteiger partial charge is 0.485 e. The van der Waals surface area contributed by atoms with Gasteiger partial charge in [0.2, 0.25) is 0 Å². The standard InChI is InChI=1S/C21H25N5O4/c1-23-11-15(10-22-23)14-3-4-16-18(9-14)30-19-13-26(12-17(19)24(2)20(16)27)21(28)25-5-7-29-8-6-25/h3-4,9-11,17,19H,5-8,12-13H2,1-2H3. The van der Waals surface area contributed by atoms with Gasteiger partial charge in [-0.1, -0.05) is 6.07 Å². The Morgan fingerprint density at radius 3 is 2.63 bits per heavy atom. The number of carbonyl (C=O) groups is 2.